The average molecular weight is 309 g/mol. The Morgan fingerprint density at radius 3 is 2.83 bits per heavy atom. The molecule has 1 atom stereocenters. The summed E-state index contributed by atoms with van der Waals surface area (Å²) < 4.78 is 1.91. The number of nitrogens with zero attached hydrogens (tertiary/aromatic N) is 6. The van der Waals surface area contributed by atoms with Crippen molar-refractivity contribution < 1.29 is 0 Å². The summed E-state index contributed by atoms with van der Waals surface area (Å²) in [5.74, 6) is 1.89. The Hall–Kier alpha value is -2.54. The van der Waals surface area contributed by atoms with Crippen LogP contribution in [0, 0.1) is 0 Å². The molecule has 7 heteroatoms. The van der Waals surface area contributed by atoms with Crippen LogP contribution >= 0.6 is 0 Å². The van der Waals surface area contributed by atoms with Crippen LogP contribution < -0.4 is 0 Å². The van der Waals surface area contributed by atoms with Crippen LogP contribution in [0.4, 0.5) is 0 Å². The van der Waals surface area contributed by atoms with E-state index in [9.17, 15) is 0 Å². The molecule has 3 aromatic rings. The van der Waals surface area contributed by atoms with Gasteiger partial charge < -0.3 is 0 Å². The largest absolute Gasteiger partial charge is 0.286 e. The topological polar surface area (TPSA) is 75.5 Å². The van der Waals surface area contributed by atoms with E-state index in [2.05, 4.69) is 30.2 Å². The number of rotatable bonds is 4. The van der Waals surface area contributed by atoms with Crippen molar-refractivity contribution in [1.82, 2.24) is 34.8 Å². The number of H-pyrrole nitrogens is 1. The number of hydrogen-bond donors (Lipinski definition) is 1. The minimum absolute atomic E-state index is 0.271. The van der Waals surface area contributed by atoms with Gasteiger partial charge in [-0.15, -0.1) is 0 Å². The van der Waals surface area contributed by atoms with Crippen LogP contribution in [0.2, 0.25) is 0 Å². The molecule has 0 radical (unpaired) electrons. The third-order valence-electron chi connectivity index (χ3n) is 4.33. The molecule has 0 saturated carbocycles. The Kier molecular flexibility index (Phi) is 3.85. The highest BCUT2D eigenvalue weighted by Crippen LogP contribution is 2.29. The Labute approximate surface area is 134 Å². The molecule has 7 nitrogen and oxygen atoms in total. The monoisotopic (exact) mass is 309 g/mol. The Morgan fingerprint density at radius 1 is 1.09 bits per heavy atom. The Balaban J connectivity index is 1.59. The first-order valence-corrected chi connectivity index (χ1v) is 7.95. The van der Waals surface area contributed by atoms with E-state index in [1.54, 1.807) is 12.7 Å². The van der Waals surface area contributed by atoms with Crippen LogP contribution in [0.1, 0.15) is 37.0 Å². The summed E-state index contributed by atoms with van der Waals surface area (Å²) in [7, 11) is 0. The highest BCUT2D eigenvalue weighted by Gasteiger charge is 2.27. The van der Waals surface area contributed by atoms with E-state index >= 15 is 0 Å². The van der Waals surface area contributed by atoms with Gasteiger partial charge in [0.1, 0.15) is 24.3 Å². The fourth-order valence-electron chi connectivity index (χ4n) is 3.21. The summed E-state index contributed by atoms with van der Waals surface area (Å²) in [6, 6.07) is 10.4. The number of aromatic amines is 1. The van der Waals surface area contributed by atoms with E-state index in [1.807, 2.05) is 35.0 Å². The quantitative estimate of drug-likeness (QED) is 0.799. The van der Waals surface area contributed by atoms with Gasteiger partial charge in [-0.1, -0.05) is 24.6 Å². The summed E-state index contributed by atoms with van der Waals surface area (Å²) in [4.78, 5) is 11.2. The van der Waals surface area contributed by atoms with Crippen molar-refractivity contribution >= 4 is 0 Å². The third-order valence-corrected chi connectivity index (χ3v) is 4.33. The van der Waals surface area contributed by atoms with Crippen molar-refractivity contribution in [3.8, 4) is 5.69 Å². The molecule has 0 spiro atoms. The van der Waals surface area contributed by atoms with Crippen molar-refractivity contribution in [2.75, 3.05) is 6.54 Å². The molecule has 118 valence electrons. The molecule has 1 N–H and O–H groups in total. The summed E-state index contributed by atoms with van der Waals surface area (Å²) in [5, 5.41) is 11.4. The van der Waals surface area contributed by atoms with Gasteiger partial charge in [0, 0.05) is 0 Å². The lowest BCUT2D eigenvalue weighted by molar-refractivity contribution is 0.129. The standard InChI is InChI=1S/C16H19N7/c1-2-6-13(7-3-1)23-15(17-12-20-23)10-22-9-5-4-8-14(22)16-18-11-19-21-16/h1-3,6-7,11-12,14H,4-5,8-10H2,(H,18,19,21). The molecule has 1 aromatic carbocycles. The average Bonchev–Trinajstić information content (AvgIpc) is 3.28. The van der Waals surface area contributed by atoms with Gasteiger partial charge in [0.2, 0.25) is 0 Å². The maximum Gasteiger partial charge on any atom is 0.146 e. The molecule has 1 aliphatic heterocycles. The van der Waals surface area contributed by atoms with Crippen LogP contribution in [0.5, 0.6) is 0 Å². The summed E-state index contributed by atoms with van der Waals surface area (Å²) in [6.07, 6.45) is 6.70. The molecule has 23 heavy (non-hydrogen) atoms. The first kappa shape index (κ1) is 14.1. The van der Waals surface area contributed by atoms with Crippen molar-refractivity contribution in [1.29, 1.82) is 0 Å². The summed E-state index contributed by atoms with van der Waals surface area (Å²) >= 11 is 0. The van der Waals surface area contributed by atoms with Crippen molar-refractivity contribution in [3.05, 3.63) is 54.6 Å². The maximum atomic E-state index is 4.47. The predicted octanol–water partition coefficient (Wildman–Crippen LogP) is 2.11. The van der Waals surface area contributed by atoms with Gasteiger partial charge in [-0.2, -0.15) is 10.2 Å². The predicted molar refractivity (Wildman–Crippen MR) is 84.7 cm³/mol. The molecule has 0 bridgehead atoms. The van der Waals surface area contributed by atoms with Gasteiger partial charge >= 0.3 is 0 Å². The van der Waals surface area contributed by atoms with Crippen LogP contribution in [0.3, 0.4) is 0 Å². The molecular formula is C16H19N7. The lowest BCUT2D eigenvalue weighted by atomic mass is 10.0. The van der Waals surface area contributed by atoms with Crippen LogP contribution in [0.15, 0.2) is 43.0 Å². The molecule has 1 saturated heterocycles. The smallest absolute Gasteiger partial charge is 0.146 e. The molecule has 3 heterocycles. The molecule has 0 amide bonds. The van der Waals surface area contributed by atoms with E-state index in [0.717, 1.165) is 36.8 Å². The normalized spacial score (nSPS) is 19.0. The van der Waals surface area contributed by atoms with E-state index in [0.29, 0.717) is 0 Å². The van der Waals surface area contributed by atoms with E-state index in [1.165, 1.54) is 12.8 Å². The van der Waals surface area contributed by atoms with Gasteiger partial charge in [-0.05, 0) is 31.5 Å². The first-order valence-electron chi connectivity index (χ1n) is 7.95. The zero-order chi connectivity index (χ0) is 15.5. The van der Waals surface area contributed by atoms with Crippen LogP contribution in [-0.2, 0) is 6.54 Å². The highest BCUT2D eigenvalue weighted by atomic mass is 15.4. The van der Waals surface area contributed by atoms with Gasteiger partial charge in [-0.3, -0.25) is 10.00 Å². The third kappa shape index (κ3) is 2.87. The fourth-order valence-corrected chi connectivity index (χ4v) is 3.21. The summed E-state index contributed by atoms with van der Waals surface area (Å²) in [5.41, 5.74) is 1.04. The Bertz CT molecular complexity index is 735. The molecule has 1 fully saturated rings. The van der Waals surface area contributed by atoms with Gasteiger partial charge in [-0.25, -0.2) is 14.6 Å². The minimum Gasteiger partial charge on any atom is -0.286 e. The SMILES string of the molecule is c1ccc(-n2ncnc2CN2CCCCC2c2ncn[nH]2)cc1. The molecule has 1 aliphatic rings. The lowest BCUT2D eigenvalue weighted by Crippen LogP contribution is -2.34. The number of hydrogen-bond acceptors (Lipinski definition) is 5. The number of aromatic nitrogens is 6. The highest BCUT2D eigenvalue weighted by molar-refractivity contribution is 5.30. The van der Waals surface area contributed by atoms with Crippen molar-refractivity contribution in [3.63, 3.8) is 0 Å². The zero-order valence-electron chi connectivity index (χ0n) is 12.8. The van der Waals surface area contributed by atoms with Gasteiger partial charge in [0.05, 0.1) is 18.3 Å². The fraction of sp³-hybridized carbons (Fsp3) is 0.375. The molecule has 1 unspecified atom stereocenters. The second-order valence-corrected chi connectivity index (χ2v) is 5.78. The first-order chi connectivity index (χ1) is 11.4. The van der Waals surface area contributed by atoms with Crippen molar-refractivity contribution in [2.24, 2.45) is 0 Å². The summed E-state index contributed by atoms with van der Waals surface area (Å²) in [6.45, 7) is 1.78. The number of nitrogens with one attached hydrogen (secondary N) is 1. The minimum atomic E-state index is 0.271. The lowest BCUT2D eigenvalue weighted by Gasteiger charge is -2.33. The zero-order valence-corrected chi connectivity index (χ0v) is 12.8. The second-order valence-electron chi connectivity index (χ2n) is 5.78. The van der Waals surface area contributed by atoms with Crippen LogP contribution in [0.25, 0.3) is 5.69 Å². The molecule has 4 rings (SSSR count). The number of benzene rings is 1. The number of para-hydroxylation sites is 1. The van der Waals surface area contributed by atoms with Gasteiger partial charge in [0.25, 0.3) is 0 Å². The van der Waals surface area contributed by atoms with E-state index in [4.69, 9.17) is 0 Å². The number of piperidine rings is 1. The van der Waals surface area contributed by atoms with E-state index < -0.39 is 0 Å². The molecule has 0 aliphatic carbocycles. The van der Waals surface area contributed by atoms with Crippen LogP contribution in [-0.4, -0.2) is 41.4 Å². The van der Waals surface area contributed by atoms with Crippen molar-refractivity contribution in [2.45, 2.75) is 31.8 Å². The number of likely N-dealkylation sites (tertiary alicyclic amines) is 1. The van der Waals surface area contributed by atoms with E-state index in [-0.39, 0.29) is 6.04 Å². The Morgan fingerprint density at radius 2 is 2.00 bits per heavy atom. The van der Waals surface area contributed by atoms with Gasteiger partial charge in [0.15, 0.2) is 0 Å². The molecular weight excluding hydrogens is 290 g/mol. The molecule has 2 aromatic heterocycles. The maximum absolute atomic E-state index is 4.47. The second kappa shape index (κ2) is 6.29.